The summed E-state index contributed by atoms with van der Waals surface area (Å²) < 4.78 is 4.69. The van der Waals surface area contributed by atoms with Gasteiger partial charge in [0.2, 0.25) is 0 Å². The van der Waals surface area contributed by atoms with E-state index in [9.17, 15) is 4.79 Å². The Morgan fingerprint density at radius 1 is 1.90 bits per heavy atom. The first-order valence-electron chi connectivity index (χ1n) is 3.18. The number of rotatable bonds is 4. The van der Waals surface area contributed by atoms with Gasteiger partial charge in [-0.25, -0.2) is 4.79 Å². The van der Waals surface area contributed by atoms with E-state index in [1.54, 1.807) is 0 Å². The van der Waals surface area contributed by atoms with E-state index >= 15 is 0 Å². The van der Waals surface area contributed by atoms with Gasteiger partial charge in [0.15, 0.2) is 0 Å². The minimum Gasteiger partial charge on any atom is -0.457 e. The monoisotopic (exact) mass is 144 g/mol. The van der Waals surface area contributed by atoms with Gasteiger partial charge >= 0.3 is 5.97 Å². The van der Waals surface area contributed by atoms with Gasteiger partial charge in [-0.15, -0.1) is 0 Å². The van der Waals surface area contributed by atoms with Crippen LogP contribution in [-0.4, -0.2) is 23.8 Å². The summed E-state index contributed by atoms with van der Waals surface area (Å²) in [6.45, 7) is 4.93. The third kappa shape index (κ3) is 3.25. The summed E-state index contributed by atoms with van der Waals surface area (Å²) in [7, 11) is 0. The van der Waals surface area contributed by atoms with Gasteiger partial charge in [0.05, 0.1) is 6.61 Å². The summed E-state index contributed by atoms with van der Waals surface area (Å²) in [5, 5.41) is 8.56. The van der Waals surface area contributed by atoms with Crippen molar-refractivity contribution in [3.63, 3.8) is 0 Å². The number of hydrogen-bond donors (Lipinski definition) is 1. The van der Waals surface area contributed by atoms with Gasteiger partial charge in [0, 0.05) is 6.08 Å². The molecule has 0 aromatic heterocycles. The Labute approximate surface area is 60.3 Å². The second kappa shape index (κ2) is 4.99. The zero-order chi connectivity index (χ0) is 7.98. The molecule has 0 aromatic carbocycles. The Balaban J connectivity index is 3.62. The van der Waals surface area contributed by atoms with Crippen LogP contribution in [-0.2, 0) is 9.53 Å². The number of ether oxygens (including phenoxy) is 1. The Kier molecular flexibility index (Phi) is 4.58. The van der Waals surface area contributed by atoms with Crippen molar-refractivity contribution in [1.82, 2.24) is 0 Å². The predicted octanol–water partition coefficient (Wildman–Crippen LogP) is 0.486. The molecule has 0 fully saturated rings. The molecule has 1 N–H and O–H groups in total. The average molecular weight is 144 g/mol. The molecule has 1 atom stereocenters. The van der Waals surface area contributed by atoms with Crippen molar-refractivity contribution in [3.8, 4) is 0 Å². The minimum absolute atomic E-state index is 0.129. The third-order valence-corrected chi connectivity index (χ3v) is 1.11. The highest BCUT2D eigenvalue weighted by Gasteiger charge is 2.07. The lowest BCUT2D eigenvalue weighted by molar-refractivity contribution is -0.145. The predicted molar refractivity (Wildman–Crippen MR) is 37.5 cm³/mol. The smallest absolute Gasteiger partial charge is 0.330 e. The highest BCUT2D eigenvalue weighted by molar-refractivity contribution is 5.81. The average Bonchev–Trinajstić information content (AvgIpc) is 1.99. The third-order valence-electron chi connectivity index (χ3n) is 1.11. The van der Waals surface area contributed by atoms with Crippen molar-refractivity contribution in [3.05, 3.63) is 12.7 Å². The molecule has 0 amide bonds. The van der Waals surface area contributed by atoms with Gasteiger partial charge in [-0.2, -0.15) is 0 Å². The maximum absolute atomic E-state index is 10.5. The molecule has 0 radical (unpaired) electrons. The molecular formula is C7H12O3. The van der Waals surface area contributed by atoms with Crippen LogP contribution in [0, 0.1) is 0 Å². The number of aliphatic hydroxyl groups excluding tert-OH is 1. The van der Waals surface area contributed by atoms with Crippen molar-refractivity contribution < 1.29 is 14.6 Å². The molecule has 3 heteroatoms. The molecule has 0 rings (SSSR count). The fourth-order valence-electron chi connectivity index (χ4n) is 0.462. The Morgan fingerprint density at radius 3 is 2.80 bits per heavy atom. The summed E-state index contributed by atoms with van der Waals surface area (Å²) >= 11 is 0. The normalized spacial score (nSPS) is 12.2. The lowest BCUT2D eigenvalue weighted by Crippen LogP contribution is -2.19. The summed E-state index contributed by atoms with van der Waals surface area (Å²) in [4.78, 5) is 10.5. The molecule has 1 unspecified atom stereocenters. The van der Waals surface area contributed by atoms with Crippen LogP contribution < -0.4 is 0 Å². The van der Waals surface area contributed by atoms with Gasteiger partial charge in [-0.05, 0) is 6.42 Å². The Bertz CT molecular complexity index is 116. The molecule has 0 heterocycles. The fourth-order valence-corrected chi connectivity index (χ4v) is 0.462. The molecule has 10 heavy (non-hydrogen) atoms. The summed E-state index contributed by atoms with van der Waals surface area (Å²) in [5.74, 6) is -0.485. The maximum Gasteiger partial charge on any atom is 0.330 e. The SMILES string of the molecule is C=CC(=O)OC(CC)CO. The van der Waals surface area contributed by atoms with Crippen LogP contribution >= 0.6 is 0 Å². The van der Waals surface area contributed by atoms with Gasteiger partial charge in [0.25, 0.3) is 0 Å². The van der Waals surface area contributed by atoms with E-state index in [2.05, 4.69) is 6.58 Å². The van der Waals surface area contributed by atoms with E-state index < -0.39 is 5.97 Å². The Hall–Kier alpha value is -0.830. The largest absolute Gasteiger partial charge is 0.457 e. The number of carbonyl (C=O) groups excluding carboxylic acids is 1. The van der Waals surface area contributed by atoms with Crippen LogP contribution in [0.5, 0.6) is 0 Å². The molecule has 0 bridgehead atoms. The van der Waals surface area contributed by atoms with Gasteiger partial charge < -0.3 is 9.84 Å². The van der Waals surface area contributed by atoms with E-state index in [0.29, 0.717) is 6.42 Å². The fraction of sp³-hybridized carbons (Fsp3) is 0.571. The molecule has 3 nitrogen and oxygen atoms in total. The van der Waals surface area contributed by atoms with E-state index in [1.807, 2.05) is 6.92 Å². The second-order valence-electron chi connectivity index (χ2n) is 1.85. The van der Waals surface area contributed by atoms with E-state index in [0.717, 1.165) is 6.08 Å². The van der Waals surface area contributed by atoms with Crippen molar-refractivity contribution in [2.24, 2.45) is 0 Å². The van der Waals surface area contributed by atoms with Crippen LogP contribution in [0.2, 0.25) is 0 Å². The van der Waals surface area contributed by atoms with Crippen LogP contribution in [0.1, 0.15) is 13.3 Å². The molecular weight excluding hydrogens is 132 g/mol. The molecule has 58 valence electrons. The van der Waals surface area contributed by atoms with Gasteiger partial charge in [0.1, 0.15) is 6.10 Å². The van der Waals surface area contributed by atoms with Gasteiger partial charge in [-0.3, -0.25) is 0 Å². The summed E-state index contributed by atoms with van der Waals surface area (Å²) in [6.07, 6.45) is 1.32. The van der Waals surface area contributed by atoms with Crippen LogP contribution in [0.4, 0.5) is 0 Å². The van der Waals surface area contributed by atoms with Crippen molar-refractivity contribution >= 4 is 5.97 Å². The van der Waals surface area contributed by atoms with Crippen LogP contribution in [0.3, 0.4) is 0 Å². The number of aliphatic hydroxyl groups is 1. The maximum atomic E-state index is 10.5. The molecule has 0 aromatic rings. The first-order valence-corrected chi connectivity index (χ1v) is 3.18. The first-order chi connectivity index (χ1) is 4.74. The topological polar surface area (TPSA) is 46.5 Å². The zero-order valence-electron chi connectivity index (χ0n) is 6.04. The lowest BCUT2D eigenvalue weighted by atomic mass is 10.3. The van der Waals surface area contributed by atoms with Crippen LogP contribution in [0.15, 0.2) is 12.7 Å². The first kappa shape index (κ1) is 9.17. The van der Waals surface area contributed by atoms with Gasteiger partial charge in [-0.1, -0.05) is 13.5 Å². The van der Waals surface area contributed by atoms with Crippen molar-refractivity contribution in [2.45, 2.75) is 19.4 Å². The molecule has 0 spiro atoms. The molecule has 0 saturated heterocycles. The zero-order valence-corrected chi connectivity index (χ0v) is 6.04. The number of hydrogen-bond acceptors (Lipinski definition) is 3. The molecule has 0 aliphatic carbocycles. The molecule has 0 aliphatic heterocycles. The van der Waals surface area contributed by atoms with Crippen molar-refractivity contribution in [1.29, 1.82) is 0 Å². The summed E-state index contributed by atoms with van der Waals surface area (Å²) in [6, 6.07) is 0. The number of esters is 1. The second-order valence-corrected chi connectivity index (χ2v) is 1.85. The standard InChI is InChI=1S/C7H12O3/c1-3-6(5-8)10-7(9)4-2/h4,6,8H,2-3,5H2,1H3. The van der Waals surface area contributed by atoms with Crippen molar-refractivity contribution in [2.75, 3.05) is 6.61 Å². The number of carbonyl (C=O) groups is 1. The van der Waals surface area contributed by atoms with Crippen LogP contribution in [0.25, 0.3) is 0 Å². The van der Waals surface area contributed by atoms with E-state index in [1.165, 1.54) is 0 Å². The molecule has 0 saturated carbocycles. The lowest BCUT2D eigenvalue weighted by Gasteiger charge is -2.10. The van der Waals surface area contributed by atoms with E-state index in [-0.39, 0.29) is 12.7 Å². The molecule has 0 aliphatic rings. The minimum atomic E-state index is -0.485. The highest BCUT2D eigenvalue weighted by Crippen LogP contribution is 1.96. The Morgan fingerprint density at radius 2 is 2.50 bits per heavy atom. The van der Waals surface area contributed by atoms with E-state index in [4.69, 9.17) is 9.84 Å². The quantitative estimate of drug-likeness (QED) is 0.461. The highest BCUT2D eigenvalue weighted by atomic mass is 16.5. The summed E-state index contributed by atoms with van der Waals surface area (Å²) in [5.41, 5.74) is 0.